The SMILES string of the molecule is N#C/C(=C\N1CCCCC1)Cc1ccccc1. The zero-order valence-electron chi connectivity index (χ0n) is 10.1. The highest BCUT2D eigenvalue weighted by Gasteiger charge is 2.07. The van der Waals surface area contributed by atoms with Crippen LogP contribution in [0.15, 0.2) is 42.1 Å². The molecule has 0 radical (unpaired) electrons. The van der Waals surface area contributed by atoms with E-state index < -0.39 is 0 Å². The summed E-state index contributed by atoms with van der Waals surface area (Å²) < 4.78 is 0. The van der Waals surface area contributed by atoms with E-state index >= 15 is 0 Å². The largest absolute Gasteiger partial charge is 0.377 e. The van der Waals surface area contributed by atoms with Crippen LogP contribution < -0.4 is 0 Å². The second-order valence-electron chi connectivity index (χ2n) is 4.53. The normalized spacial score (nSPS) is 16.6. The summed E-state index contributed by atoms with van der Waals surface area (Å²) in [5.74, 6) is 0. The fourth-order valence-electron chi connectivity index (χ4n) is 2.20. The van der Waals surface area contributed by atoms with Crippen molar-refractivity contribution in [3.8, 4) is 6.07 Å². The molecule has 0 N–H and O–H groups in total. The van der Waals surface area contributed by atoms with Crippen LogP contribution in [-0.2, 0) is 6.42 Å². The molecule has 1 fully saturated rings. The van der Waals surface area contributed by atoms with Gasteiger partial charge in [0.1, 0.15) is 0 Å². The van der Waals surface area contributed by atoms with Gasteiger partial charge in [0.25, 0.3) is 0 Å². The molecular weight excluding hydrogens is 208 g/mol. The number of rotatable bonds is 3. The van der Waals surface area contributed by atoms with E-state index in [-0.39, 0.29) is 0 Å². The second kappa shape index (κ2) is 6.10. The molecule has 1 aliphatic heterocycles. The van der Waals surface area contributed by atoms with Gasteiger partial charge < -0.3 is 4.90 Å². The lowest BCUT2D eigenvalue weighted by Crippen LogP contribution is -2.24. The zero-order valence-corrected chi connectivity index (χ0v) is 10.1. The van der Waals surface area contributed by atoms with Gasteiger partial charge in [-0.1, -0.05) is 30.3 Å². The van der Waals surface area contributed by atoms with E-state index in [1.807, 2.05) is 24.4 Å². The minimum atomic E-state index is 0.744. The lowest BCUT2D eigenvalue weighted by Gasteiger charge is -2.25. The Labute approximate surface area is 103 Å². The van der Waals surface area contributed by atoms with Gasteiger partial charge in [0.05, 0.1) is 6.07 Å². The van der Waals surface area contributed by atoms with E-state index in [1.54, 1.807) is 0 Å². The summed E-state index contributed by atoms with van der Waals surface area (Å²) in [5.41, 5.74) is 2.07. The summed E-state index contributed by atoms with van der Waals surface area (Å²) >= 11 is 0. The van der Waals surface area contributed by atoms with Gasteiger partial charge in [0.15, 0.2) is 0 Å². The van der Waals surface area contributed by atoms with Crippen molar-refractivity contribution in [2.45, 2.75) is 25.7 Å². The highest BCUT2D eigenvalue weighted by molar-refractivity contribution is 5.29. The summed E-state index contributed by atoms with van der Waals surface area (Å²) in [6.45, 7) is 2.19. The van der Waals surface area contributed by atoms with Crippen LogP contribution in [0.4, 0.5) is 0 Å². The summed E-state index contributed by atoms with van der Waals surface area (Å²) in [6.07, 6.45) is 6.62. The van der Waals surface area contributed by atoms with Gasteiger partial charge in [-0.25, -0.2) is 0 Å². The molecule has 2 heteroatoms. The second-order valence-corrected chi connectivity index (χ2v) is 4.53. The van der Waals surface area contributed by atoms with Gasteiger partial charge in [-0.2, -0.15) is 5.26 Å². The molecule has 0 aliphatic carbocycles. The average molecular weight is 226 g/mol. The molecule has 1 saturated heterocycles. The van der Waals surface area contributed by atoms with Gasteiger partial charge in [-0.3, -0.25) is 0 Å². The van der Waals surface area contributed by atoms with E-state index in [9.17, 15) is 5.26 Å². The minimum absolute atomic E-state index is 0.744. The lowest BCUT2D eigenvalue weighted by atomic mass is 10.1. The van der Waals surface area contributed by atoms with Gasteiger partial charge in [-0.05, 0) is 24.8 Å². The Hall–Kier alpha value is -1.75. The first-order valence-corrected chi connectivity index (χ1v) is 6.27. The molecule has 2 rings (SSSR count). The molecule has 0 atom stereocenters. The fourth-order valence-corrected chi connectivity index (χ4v) is 2.20. The van der Waals surface area contributed by atoms with Crippen molar-refractivity contribution >= 4 is 0 Å². The quantitative estimate of drug-likeness (QED) is 0.740. The molecule has 1 heterocycles. The maximum atomic E-state index is 9.17. The molecule has 0 saturated carbocycles. The van der Waals surface area contributed by atoms with Crippen molar-refractivity contribution in [3.63, 3.8) is 0 Å². The number of hydrogen-bond acceptors (Lipinski definition) is 2. The molecule has 0 bridgehead atoms. The molecule has 88 valence electrons. The highest BCUT2D eigenvalue weighted by Crippen LogP contribution is 2.13. The smallest absolute Gasteiger partial charge is 0.0965 e. The Morgan fingerprint density at radius 1 is 1.18 bits per heavy atom. The number of likely N-dealkylation sites (tertiary alicyclic amines) is 1. The van der Waals surface area contributed by atoms with Crippen molar-refractivity contribution in [1.29, 1.82) is 5.26 Å². The summed E-state index contributed by atoms with van der Waals surface area (Å²) in [4.78, 5) is 2.28. The topological polar surface area (TPSA) is 27.0 Å². The van der Waals surface area contributed by atoms with Crippen molar-refractivity contribution in [1.82, 2.24) is 4.90 Å². The van der Waals surface area contributed by atoms with Gasteiger partial charge in [-0.15, -0.1) is 0 Å². The predicted molar refractivity (Wildman–Crippen MR) is 69.3 cm³/mol. The Morgan fingerprint density at radius 2 is 1.88 bits per heavy atom. The number of piperidine rings is 1. The third-order valence-corrected chi connectivity index (χ3v) is 3.11. The molecule has 0 spiro atoms. The Kier molecular flexibility index (Phi) is 4.21. The van der Waals surface area contributed by atoms with Crippen molar-refractivity contribution in [2.75, 3.05) is 13.1 Å². The predicted octanol–water partition coefficient (Wildman–Crippen LogP) is 3.12. The van der Waals surface area contributed by atoms with Crippen LogP contribution >= 0.6 is 0 Å². The van der Waals surface area contributed by atoms with Crippen molar-refractivity contribution < 1.29 is 0 Å². The summed E-state index contributed by atoms with van der Waals surface area (Å²) in [5, 5.41) is 9.17. The number of allylic oxidation sites excluding steroid dienone is 1. The zero-order chi connectivity index (χ0) is 11.9. The first-order valence-electron chi connectivity index (χ1n) is 6.27. The van der Waals surface area contributed by atoms with E-state index in [4.69, 9.17) is 0 Å². The molecule has 17 heavy (non-hydrogen) atoms. The molecule has 0 aromatic heterocycles. The lowest BCUT2D eigenvalue weighted by molar-refractivity contribution is 0.308. The van der Waals surface area contributed by atoms with Crippen LogP contribution in [0, 0.1) is 11.3 Å². The Balaban J connectivity index is 2.01. The van der Waals surface area contributed by atoms with Crippen LogP contribution in [0.3, 0.4) is 0 Å². The molecule has 0 amide bonds. The highest BCUT2D eigenvalue weighted by atomic mass is 15.1. The Morgan fingerprint density at radius 3 is 2.53 bits per heavy atom. The minimum Gasteiger partial charge on any atom is -0.377 e. The number of benzene rings is 1. The van der Waals surface area contributed by atoms with Gasteiger partial charge in [0, 0.05) is 31.3 Å². The molecule has 0 unspecified atom stereocenters. The molecule has 1 aromatic carbocycles. The standard InChI is InChI=1S/C15H18N2/c16-12-15(11-14-7-3-1-4-8-14)13-17-9-5-2-6-10-17/h1,3-4,7-8,13H,2,5-6,9-11H2/b15-13-. The molecule has 2 nitrogen and oxygen atoms in total. The van der Waals surface area contributed by atoms with Gasteiger partial charge in [0.2, 0.25) is 0 Å². The van der Waals surface area contributed by atoms with Crippen molar-refractivity contribution in [3.05, 3.63) is 47.7 Å². The van der Waals surface area contributed by atoms with E-state index in [0.29, 0.717) is 0 Å². The van der Waals surface area contributed by atoms with Crippen LogP contribution in [-0.4, -0.2) is 18.0 Å². The average Bonchev–Trinajstić information content (AvgIpc) is 2.40. The van der Waals surface area contributed by atoms with Crippen molar-refractivity contribution in [2.24, 2.45) is 0 Å². The summed E-state index contributed by atoms with van der Waals surface area (Å²) in [6, 6.07) is 12.5. The molecule has 1 aliphatic rings. The van der Waals surface area contributed by atoms with E-state index in [0.717, 1.165) is 25.1 Å². The van der Waals surface area contributed by atoms with Gasteiger partial charge >= 0.3 is 0 Å². The number of hydrogen-bond donors (Lipinski definition) is 0. The third-order valence-electron chi connectivity index (χ3n) is 3.11. The maximum absolute atomic E-state index is 9.17. The van der Waals surface area contributed by atoms with E-state index in [2.05, 4.69) is 23.1 Å². The fraction of sp³-hybridized carbons (Fsp3) is 0.400. The number of nitrogens with zero attached hydrogens (tertiary/aromatic N) is 2. The first-order chi connectivity index (χ1) is 8.38. The van der Waals surface area contributed by atoms with Crippen LogP contribution in [0.5, 0.6) is 0 Å². The summed E-state index contributed by atoms with van der Waals surface area (Å²) in [7, 11) is 0. The van der Waals surface area contributed by atoms with Crippen LogP contribution in [0.1, 0.15) is 24.8 Å². The van der Waals surface area contributed by atoms with Crippen LogP contribution in [0.25, 0.3) is 0 Å². The monoisotopic (exact) mass is 226 g/mol. The van der Waals surface area contributed by atoms with Crippen LogP contribution in [0.2, 0.25) is 0 Å². The van der Waals surface area contributed by atoms with E-state index in [1.165, 1.54) is 24.8 Å². The number of nitriles is 1. The third kappa shape index (κ3) is 3.64. The Bertz CT molecular complexity index is 408. The first kappa shape index (κ1) is 11.7. The molecule has 1 aromatic rings. The molecular formula is C15H18N2. The maximum Gasteiger partial charge on any atom is 0.0965 e.